The van der Waals surface area contributed by atoms with Crippen LogP contribution in [0.2, 0.25) is 0 Å². The SMILES string of the molecule is COCCC(C)NCCCC(C)(C)C#N. The van der Waals surface area contributed by atoms with Crippen molar-refractivity contribution in [1.29, 1.82) is 5.26 Å². The van der Waals surface area contributed by atoms with Crippen molar-refractivity contribution in [3.63, 3.8) is 0 Å². The quantitative estimate of drug-likeness (QED) is 0.628. The lowest BCUT2D eigenvalue weighted by molar-refractivity contribution is 0.184. The fourth-order valence-corrected chi connectivity index (χ4v) is 1.33. The van der Waals surface area contributed by atoms with Crippen molar-refractivity contribution in [3.8, 4) is 6.07 Å². The Balaban J connectivity index is 3.43. The molecule has 0 aromatic heterocycles. The lowest BCUT2D eigenvalue weighted by atomic mass is 9.90. The van der Waals surface area contributed by atoms with Gasteiger partial charge in [0.05, 0.1) is 11.5 Å². The van der Waals surface area contributed by atoms with Gasteiger partial charge in [0.2, 0.25) is 0 Å². The number of nitrogens with one attached hydrogen (secondary N) is 1. The minimum absolute atomic E-state index is 0.183. The second kappa shape index (κ2) is 7.67. The Hall–Kier alpha value is -0.590. The van der Waals surface area contributed by atoms with E-state index in [1.807, 2.05) is 13.8 Å². The Morgan fingerprint density at radius 1 is 1.47 bits per heavy atom. The van der Waals surface area contributed by atoms with E-state index in [2.05, 4.69) is 18.3 Å². The molecule has 0 spiro atoms. The summed E-state index contributed by atoms with van der Waals surface area (Å²) < 4.78 is 5.01. The van der Waals surface area contributed by atoms with E-state index in [0.717, 1.165) is 32.4 Å². The first-order valence-electron chi connectivity index (χ1n) is 5.65. The Kier molecular flexibility index (Phi) is 7.37. The van der Waals surface area contributed by atoms with Crippen molar-refractivity contribution in [2.24, 2.45) is 5.41 Å². The van der Waals surface area contributed by atoms with Crippen LogP contribution in [-0.2, 0) is 4.74 Å². The number of nitrogens with zero attached hydrogens (tertiary/aromatic N) is 1. The van der Waals surface area contributed by atoms with Crippen molar-refractivity contribution in [2.45, 2.75) is 46.1 Å². The van der Waals surface area contributed by atoms with Gasteiger partial charge in [-0.1, -0.05) is 0 Å². The Morgan fingerprint density at radius 3 is 2.67 bits per heavy atom. The first-order chi connectivity index (χ1) is 7.02. The van der Waals surface area contributed by atoms with Gasteiger partial charge in [0.1, 0.15) is 0 Å². The zero-order chi connectivity index (χ0) is 11.7. The molecule has 0 saturated carbocycles. The van der Waals surface area contributed by atoms with Crippen LogP contribution < -0.4 is 5.32 Å². The number of rotatable bonds is 8. The summed E-state index contributed by atoms with van der Waals surface area (Å²) in [7, 11) is 1.72. The summed E-state index contributed by atoms with van der Waals surface area (Å²) in [5.41, 5.74) is -0.183. The summed E-state index contributed by atoms with van der Waals surface area (Å²) in [6.45, 7) is 7.92. The molecular formula is C12H24N2O. The Morgan fingerprint density at radius 2 is 2.13 bits per heavy atom. The molecule has 0 radical (unpaired) electrons. The first kappa shape index (κ1) is 14.4. The summed E-state index contributed by atoms with van der Waals surface area (Å²) in [5, 5.41) is 12.3. The monoisotopic (exact) mass is 212 g/mol. The van der Waals surface area contributed by atoms with Gasteiger partial charge in [-0.3, -0.25) is 0 Å². The molecule has 1 unspecified atom stereocenters. The van der Waals surface area contributed by atoms with Gasteiger partial charge in [0.15, 0.2) is 0 Å². The van der Waals surface area contributed by atoms with Gasteiger partial charge in [-0.2, -0.15) is 5.26 Å². The minimum Gasteiger partial charge on any atom is -0.385 e. The summed E-state index contributed by atoms with van der Waals surface area (Å²) in [6, 6.07) is 2.81. The van der Waals surface area contributed by atoms with Crippen molar-refractivity contribution in [3.05, 3.63) is 0 Å². The molecular weight excluding hydrogens is 188 g/mol. The highest BCUT2D eigenvalue weighted by Gasteiger charge is 2.15. The van der Waals surface area contributed by atoms with E-state index in [4.69, 9.17) is 10.00 Å². The third-order valence-corrected chi connectivity index (χ3v) is 2.53. The molecule has 1 atom stereocenters. The molecule has 1 N–H and O–H groups in total. The second-order valence-electron chi connectivity index (χ2n) is 4.74. The molecule has 3 nitrogen and oxygen atoms in total. The molecule has 0 aliphatic carbocycles. The lowest BCUT2D eigenvalue weighted by Crippen LogP contribution is -2.28. The molecule has 0 amide bonds. The smallest absolute Gasteiger partial charge is 0.0683 e. The normalized spacial score (nSPS) is 13.5. The zero-order valence-electron chi connectivity index (χ0n) is 10.5. The Labute approximate surface area is 93.8 Å². The molecule has 0 aromatic rings. The summed E-state index contributed by atoms with van der Waals surface area (Å²) in [6.07, 6.45) is 3.05. The van der Waals surface area contributed by atoms with Gasteiger partial charge in [-0.25, -0.2) is 0 Å². The van der Waals surface area contributed by atoms with Gasteiger partial charge >= 0.3 is 0 Å². The van der Waals surface area contributed by atoms with E-state index >= 15 is 0 Å². The standard InChI is InChI=1S/C12H24N2O/c1-11(6-9-15-4)14-8-5-7-12(2,3)10-13/h11,14H,5-9H2,1-4H3. The van der Waals surface area contributed by atoms with Crippen LogP contribution in [0.25, 0.3) is 0 Å². The molecule has 0 aliphatic heterocycles. The van der Waals surface area contributed by atoms with Crippen molar-refractivity contribution >= 4 is 0 Å². The molecule has 0 aromatic carbocycles. The van der Waals surface area contributed by atoms with Gasteiger partial charge in [0.25, 0.3) is 0 Å². The maximum absolute atomic E-state index is 8.83. The molecule has 15 heavy (non-hydrogen) atoms. The number of hydrogen-bond acceptors (Lipinski definition) is 3. The fraction of sp³-hybridized carbons (Fsp3) is 0.917. The first-order valence-corrected chi connectivity index (χ1v) is 5.65. The van der Waals surface area contributed by atoms with E-state index < -0.39 is 0 Å². The number of nitriles is 1. The van der Waals surface area contributed by atoms with Gasteiger partial charge < -0.3 is 10.1 Å². The highest BCUT2D eigenvalue weighted by molar-refractivity contribution is 4.91. The van der Waals surface area contributed by atoms with Crippen LogP contribution in [-0.4, -0.2) is 26.3 Å². The van der Waals surface area contributed by atoms with Crippen LogP contribution in [0, 0.1) is 16.7 Å². The molecule has 0 bridgehead atoms. The van der Waals surface area contributed by atoms with Crippen molar-refractivity contribution in [2.75, 3.05) is 20.3 Å². The van der Waals surface area contributed by atoms with Crippen LogP contribution in [0.1, 0.15) is 40.0 Å². The summed E-state index contributed by atoms with van der Waals surface area (Å²) >= 11 is 0. The van der Waals surface area contributed by atoms with E-state index in [9.17, 15) is 0 Å². The van der Waals surface area contributed by atoms with Crippen LogP contribution in [0.4, 0.5) is 0 Å². The highest BCUT2D eigenvalue weighted by Crippen LogP contribution is 2.19. The maximum Gasteiger partial charge on any atom is 0.0683 e. The van der Waals surface area contributed by atoms with Crippen molar-refractivity contribution < 1.29 is 4.74 Å². The molecule has 0 rings (SSSR count). The van der Waals surface area contributed by atoms with E-state index in [0.29, 0.717) is 6.04 Å². The maximum atomic E-state index is 8.83. The molecule has 0 heterocycles. The number of hydrogen-bond donors (Lipinski definition) is 1. The molecule has 0 saturated heterocycles. The number of ether oxygens (including phenoxy) is 1. The van der Waals surface area contributed by atoms with Crippen molar-refractivity contribution in [1.82, 2.24) is 5.32 Å². The van der Waals surface area contributed by atoms with Crippen LogP contribution >= 0.6 is 0 Å². The van der Waals surface area contributed by atoms with Gasteiger partial charge in [-0.05, 0) is 46.6 Å². The van der Waals surface area contributed by atoms with E-state index in [1.54, 1.807) is 7.11 Å². The predicted octanol–water partition coefficient (Wildman–Crippen LogP) is 2.33. The third-order valence-electron chi connectivity index (χ3n) is 2.53. The van der Waals surface area contributed by atoms with Gasteiger partial charge in [0, 0.05) is 19.8 Å². The third kappa shape index (κ3) is 8.41. The van der Waals surface area contributed by atoms with E-state index in [1.165, 1.54) is 0 Å². The number of methoxy groups -OCH3 is 1. The average molecular weight is 212 g/mol. The van der Waals surface area contributed by atoms with E-state index in [-0.39, 0.29) is 5.41 Å². The van der Waals surface area contributed by atoms with Gasteiger partial charge in [-0.15, -0.1) is 0 Å². The molecule has 0 fully saturated rings. The minimum atomic E-state index is -0.183. The lowest BCUT2D eigenvalue weighted by Gasteiger charge is -2.17. The van der Waals surface area contributed by atoms with Crippen LogP contribution in [0.5, 0.6) is 0 Å². The summed E-state index contributed by atoms with van der Waals surface area (Å²) in [4.78, 5) is 0. The van der Waals surface area contributed by atoms with Crippen LogP contribution in [0.3, 0.4) is 0 Å². The second-order valence-corrected chi connectivity index (χ2v) is 4.74. The predicted molar refractivity (Wildman–Crippen MR) is 62.6 cm³/mol. The highest BCUT2D eigenvalue weighted by atomic mass is 16.5. The zero-order valence-corrected chi connectivity index (χ0v) is 10.5. The molecule has 0 aliphatic rings. The fourth-order valence-electron chi connectivity index (χ4n) is 1.33. The Bertz CT molecular complexity index is 196. The molecule has 88 valence electrons. The molecule has 3 heteroatoms. The average Bonchev–Trinajstić information content (AvgIpc) is 2.21. The largest absolute Gasteiger partial charge is 0.385 e. The summed E-state index contributed by atoms with van der Waals surface area (Å²) in [5.74, 6) is 0. The topological polar surface area (TPSA) is 45.0 Å². The van der Waals surface area contributed by atoms with Crippen LogP contribution in [0.15, 0.2) is 0 Å².